The summed E-state index contributed by atoms with van der Waals surface area (Å²) in [6.07, 6.45) is 0. The van der Waals surface area contributed by atoms with E-state index >= 15 is 0 Å². The Morgan fingerprint density at radius 2 is 0.639 bits per heavy atom. The average Bonchev–Trinajstić information content (AvgIpc) is 2.34. The van der Waals surface area contributed by atoms with Crippen molar-refractivity contribution in [1.82, 2.24) is 4.57 Å². The van der Waals surface area contributed by atoms with Crippen LogP contribution in [0, 0.1) is 0 Å². The molecule has 0 aliphatic rings. The summed E-state index contributed by atoms with van der Waals surface area (Å²) < 4.78 is 2.48. The maximum atomic E-state index is 2.48. The number of rotatable bonds is 10. The van der Waals surface area contributed by atoms with E-state index in [2.05, 4.69) is 336 Å². The fourth-order valence-electron chi connectivity index (χ4n) is 13.1. The molecule has 0 radical (unpaired) electrons. The van der Waals surface area contributed by atoms with E-state index in [1.807, 2.05) is 0 Å². The van der Waals surface area contributed by atoms with Crippen molar-refractivity contribution in [2.75, 3.05) is 9.80 Å². The van der Waals surface area contributed by atoms with Crippen molar-refractivity contribution < 1.29 is 0 Å². The standard InChI is InChI=1S/C80H53N3/c1-4-19-54(20-5-1)55-35-40-62(41-36-55)82(78-50-47-65(57-21-6-2-7-22-57)67-28-16-17-33-73(67)78)63-45-49-80-76(53-63)75-51-59(56-37-42-61(43-38-56)81(60-25-8-3-9-26-60)77-34-18-24-58-23-10-11-27-66(58)77)39-48-79(75)83(80)64-44-46-72-70-31-13-12-29-68(70)69-30-14-15-32-71(69)74(72)52-64/h1-53H. The summed E-state index contributed by atoms with van der Waals surface area (Å²) in [5.41, 5.74) is 17.1. The lowest BCUT2D eigenvalue weighted by Crippen LogP contribution is -2.10. The van der Waals surface area contributed by atoms with Gasteiger partial charge in [0.15, 0.2) is 0 Å². The Hall–Kier alpha value is -11.0. The predicted octanol–water partition coefficient (Wildman–Crippen LogP) is 22.5. The van der Waals surface area contributed by atoms with Gasteiger partial charge in [0.25, 0.3) is 0 Å². The minimum absolute atomic E-state index is 1.07. The first kappa shape index (κ1) is 48.0. The van der Waals surface area contributed by atoms with E-state index < -0.39 is 0 Å². The summed E-state index contributed by atoms with van der Waals surface area (Å²) in [5, 5.41) is 14.7. The molecule has 0 atom stereocenters. The fraction of sp³-hybridized carbons (Fsp3) is 0. The smallest absolute Gasteiger partial charge is 0.0542 e. The van der Waals surface area contributed by atoms with Crippen molar-refractivity contribution in [1.29, 1.82) is 0 Å². The van der Waals surface area contributed by atoms with Crippen LogP contribution in [-0.2, 0) is 0 Å². The second-order valence-corrected chi connectivity index (χ2v) is 21.6. The second-order valence-electron chi connectivity index (χ2n) is 21.6. The molecule has 0 saturated heterocycles. The van der Waals surface area contributed by atoms with Gasteiger partial charge in [-0.3, -0.25) is 0 Å². The minimum atomic E-state index is 1.07. The zero-order valence-electron chi connectivity index (χ0n) is 45.4. The molecular weight excluding hydrogens is 1000 g/mol. The van der Waals surface area contributed by atoms with Crippen LogP contribution in [-0.4, -0.2) is 4.57 Å². The fourth-order valence-corrected chi connectivity index (χ4v) is 13.1. The Bertz CT molecular complexity index is 5080. The first-order chi connectivity index (χ1) is 41.2. The van der Waals surface area contributed by atoms with Crippen molar-refractivity contribution in [2.45, 2.75) is 0 Å². The lowest BCUT2D eigenvalue weighted by molar-refractivity contribution is 1.18. The van der Waals surface area contributed by atoms with Gasteiger partial charge in [-0.2, -0.15) is 0 Å². The van der Waals surface area contributed by atoms with Crippen molar-refractivity contribution >= 4 is 110 Å². The summed E-state index contributed by atoms with van der Waals surface area (Å²) in [6, 6.07) is 118. The van der Waals surface area contributed by atoms with Crippen LogP contribution >= 0.6 is 0 Å². The van der Waals surface area contributed by atoms with Crippen LogP contribution in [0.4, 0.5) is 34.1 Å². The lowest BCUT2D eigenvalue weighted by atomic mass is 9.94. The monoisotopic (exact) mass is 1060 g/mol. The molecule has 0 bridgehead atoms. The highest BCUT2D eigenvalue weighted by atomic mass is 15.1. The van der Waals surface area contributed by atoms with E-state index in [1.165, 1.54) is 86.9 Å². The Morgan fingerprint density at radius 1 is 0.205 bits per heavy atom. The van der Waals surface area contributed by atoms with Gasteiger partial charge in [-0.05, 0) is 167 Å². The van der Waals surface area contributed by atoms with Gasteiger partial charge in [0.1, 0.15) is 0 Å². The molecule has 16 rings (SSSR count). The van der Waals surface area contributed by atoms with Crippen LogP contribution in [0.1, 0.15) is 0 Å². The zero-order valence-corrected chi connectivity index (χ0v) is 45.4. The van der Waals surface area contributed by atoms with E-state index in [9.17, 15) is 0 Å². The molecule has 1 aromatic heterocycles. The lowest BCUT2D eigenvalue weighted by Gasteiger charge is -2.28. The first-order valence-electron chi connectivity index (χ1n) is 28.6. The Balaban J connectivity index is 0.905. The average molecular weight is 1060 g/mol. The minimum Gasteiger partial charge on any atom is -0.310 e. The number of anilines is 6. The molecule has 0 N–H and O–H groups in total. The molecule has 0 fully saturated rings. The second kappa shape index (κ2) is 20.0. The van der Waals surface area contributed by atoms with Crippen LogP contribution in [0.5, 0.6) is 0 Å². The number of nitrogens with zero attached hydrogens (tertiary/aromatic N) is 3. The van der Waals surface area contributed by atoms with Crippen molar-refractivity contribution in [3.63, 3.8) is 0 Å². The number of fused-ring (bicyclic) bond motifs is 11. The molecule has 0 amide bonds. The van der Waals surface area contributed by atoms with Crippen LogP contribution < -0.4 is 9.80 Å². The number of para-hydroxylation sites is 1. The van der Waals surface area contributed by atoms with Crippen LogP contribution in [0.25, 0.3) is 115 Å². The van der Waals surface area contributed by atoms with Gasteiger partial charge in [-0.15, -0.1) is 0 Å². The van der Waals surface area contributed by atoms with Crippen LogP contribution in [0.2, 0.25) is 0 Å². The van der Waals surface area contributed by atoms with E-state index in [-0.39, 0.29) is 0 Å². The van der Waals surface area contributed by atoms with E-state index in [1.54, 1.807) is 0 Å². The van der Waals surface area contributed by atoms with Crippen LogP contribution in [0.3, 0.4) is 0 Å². The molecule has 0 aliphatic heterocycles. The Kier molecular flexibility index (Phi) is 11.5. The molecule has 0 saturated carbocycles. The number of hydrogen-bond acceptors (Lipinski definition) is 2. The highest BCUT2D eigenvalue weighted by Crippen LogP contribution is 2.47. The SMILES string of the molecule is c1ccc(-c2ccc(N(c3ccc4c(c3)c3cc(-c5ccc(N(c6ccccc6)c6cccc7ccccc67)cc5)ccc3n4-c3ccc4c5ccccc5c5ccccc5c4c3)c3ccc(-c4ccccc4)c4ccccc34)cc2)cc1. The Labute approximate surface area is 482 Å². The first-order valence-corrected chi connectivity index (χ1v) is 28.6. The molecule has 388 valence electrons. The van der Waals surface area contributed by atoms with Crippen molar-refractivity contribution in [3.05, 3.63) is 322 Å². The molecule has 0 spiro atoms. The molecule has 3 heteroatoms. The third-order valence-electron chi connectivity index (χ3n) is 16.9. The van der Waals surface area contributed by atoms with E-state index in [0.717, 1.165) is 62.0 Å². The predicted molar refractivity (Wildman–Crippen MR) is 354 cm³/mol. The Morgan fingerprint density at radius 3 is 1.30 bits per heavy atom. The van der Waals surface area contributed by atoms with Gasteiger partial charge in [-0.1, -0.05) is 231 Å². The molecular formula is C80H53N3. The third kappa shape index (κ3) is 8.20. The zero-order chi connectivity index (χ0) is 54.8. The maximum absolute atomic E-state index is 2.48. The van der Waals surface area contributed by atoms with Gasteiger partial charge < -0.3 is 14.4 Å². The van der Waals surface area contributed by atoms with E-state index in [4.69, 9.17) is 0 Å². The van der Waals surface area contributed by atoms with Crippen LogP contribution in [0.15, 0.2) is 322 Å². The van der Waals surface area contributed by atoms with Crippen molar-refractivity contribution in [3.8, 4) is 39.1 Å². The largest absolute Gasteiger partial charge is 0.310 e. The molecule has 1 heterocycles. The summed E-state index contributed by atoms with van der Waals surface area (Å²) in [6.45, 7) is 0. The van der Waals surface area contributed by atoms with Gasteiger partial charge in [0, 0.05) is 50.0 Å². The summed E-state index contributed by atoms with van der Waals surface area (Å²) in [4.78, 5) is 4.83. The van der Waals surface area contributed by atoms with E-state index in [0.29, 0.717) is 0 Å². The maximum Gasteiger partial charge on any atom is 0.0542 e. The highest BCUT2D eigenvalue weighted by Gasteiger charge is 2.22. The molecule has 15 aromatic carbocycles. The van der Waals surface area contributed by atoms with Crippen molar-refractivity contribution in [2.24, 2.45) is 0 Å². The normalized spacial score (nSPS) is 11.6. The molecule has 16 aromatic rings. The molecule has 83 heavy (non-hydrogen) atoms. The molecule has 3 nitrogen and oxygen atoms in total. The number of hydrogen-bond donors (Lipinski definition) is 0. The highest BCUT2D eigenvalue weighted by molar-refractivity contribution is 6.26. The van der Waals surface area contributed by atoms with Gasteiger partial charge in [-0.25, -0.2) is 0 Å². The summed E-state index contributed by atoms with van der Waals surface area (Å²) in [5.74, 6) is 0. The third-order valence-corrected chi connectivity index (χ3v) is 16.9. The van der Waals surface area contributed by atoms with Gasteiger partial charge in [0.2, 0.25) is 0 Å². The topological polar surface area (TPSA) is 11.4 Å². The number of benzene rings is 15. The molecule has 0 unspecified atom stereocenters. The molecule has 0 aliphatic carbocycles. The summed E-state index contributed by atoms with van der Waals surface area (Å²) >= 11 is 0. The summed E-state index contributed by atoms with van der Waals surface area (Å²) in [7, 11) is 0. The quantitative estimate of drug-likeness (QED) is 0.126. The van der Waals surface area contributed by atoms with Gasteiger partial charge in [0.05, 0.1) is 22.4 Å². The number of aromatic nitrogens is 1. The van der Waals surface area contributed by atoms with Gasteiger partial charge >= 0.3 is 0 Å².